The summed E-state index contributed by atoms with van der Waals surface area (Å²) < 4.78 is 56.6. The number of halogens is 4. The highest BCUT2D eigenvalue weighted by Crippen LogP contribution is 2.39. The van der Waals surface area contributed by atoms with Crippen molar-refractivity contribution in [1.29, 1.82) is 0 Å². The second-order valence-electron chi connectivity index (χ2n) is 7.95. The van der Waals surface area contributed by atoms with Crippen molar-refractivity contribution in [2.24, 2.45) is 0 Å². The molecule has 1 amide bonds. The molecule has 3 aromatic rings. The molecule has 4 rings (SSSR count). The molecule has 1 saturated heterocycles. The van der Waals surface area contributed by atoms with E-state index in [1.165, 1.54) is 24.0 Å². The van der Waals surface area contributed by atoms with Gasteiger partial charge in [0.05, 0.1) is 28.1 Å². The zero-order valence-corrected chi connectivity index (χ0v) is 19.1. The zero-order chi connectivity index (χ0) is 25.3. The lowest BCUT2D eigenvalue weighted by Gasteiger charge is -2.19. The Bertz CT molecular complexity index is 1350. The van der Waals surface area contributed by atoms with Crippen molar-refractivity contribution in [3.05, 3.63) is 63.3 Å². The molecule has 11 heteroatoms. The summed E-state index contributed by atoms with van der Waals surface area (Å²) in [6, 6.07) is 8.66. The Morgan fingerprint density at radius 1 is 1.20 bits per heavy atom. The van der Waals surface area contributed by atoms with Crippen LogP contribution in [-0.2, 0) is 20.5 Å². The number of esters is 1. The summed E-state index contributed by atoms with van der Waals surface area (Å²) in [4.78, 5) is 37.1. The van der Waals surface area contributed by atoms with Gasteiger partial charge in [0.25, 0.3) is 5.91 Å². The van der Waals surface area contributed by atoms with Crippen molar-refractivity contribution < 1.29 is 36.7 Å². The summed E-state index contributed by atoms with van der Waals surface area (Å²) >= 11 is 6.16. The van der Waals surface area contributed by atoms with Crippen molar-refractivity contribution in [3.63, 3.8) is 0 Å². The lowest BCUT2D eigenvalue weighted by molar-refractivity contribution is -0.149. The van der Waals surface area contributed by atoms with E-state index in [4.69, 9.17) is 25.5 Å². The Hall–Kier alpha value is -3.53. The molecule has 1 atom stereocenters. The number of carbonyl (C=O) groups is 2. The number of carbonyl (C=O) groups excluding carboxylic acids is 2. The fraction of sp³-hybridized carbons (Fsp3) is 0.292. The van der Waals surface area contributed by atoms with E-state index in [9.17, 15) is 27.6 Å². The number of amides is 1. The Kier molecular flexibility index (Phi) is 6.75. The predicted octanol–water partition coefficient (Wildman–Crippen LogP) is 4.68. The summed E-state index contributed by atoms with van der Waals surface area (Å²) in [5, 5.41) is 0.405. The lowest BCUT2D eigenvalue weighted by Crippen LogP contribution is -2.34. The van der Waals surface area contributed by atoms with Crippen molar-refractivity contribution in [1.82, 2.24) is 4.90 Å². The molecule has 0 N–H and O–H groups in total. The minimum atomic E-state index is -4.63. The standard InChI is InChI=1S/C24H19ClF3NO6/c1-13(30)33-12-22(32)29-8-7-15(11-29)34-20-9-14(24(26,27)28)5-6-17(20)21-10-19(31)16-3-2-4-18(25)23(16)35-21/h2-6,9-10,15H,7-8,11-12H2,1H3/t15-/m0/s1. The van der Waals surface area contributed by atoms with Crippen LogP contribution in [0.2, 0.25) is 5.02 Å². The van der Waals surface area contributed by atoms with Crippen LogP contribution >= 0.6 is 11.6 Å². The van der Waals surface area contributed by atoms with Crippen LogP contribution in [0, 0.1) is 0 Å². The molecule has 0 radical (unpaired) electrons. The smallest absolute Gasteiger partial charge is 0.416 e. The molecule has 0 bridgehead atoms. The molecule has 0 unspecified atom stereocenters. The number of hydrogen-bond acceptors (Lipinski definition) is 6. The van der Waals surface area contributed by atoms with Gasteiger partial charge in [-0.15, -0.1) is 0 Å². The van der Waals surface area contributed by atoms with E-state index in [1.807, 2.05) is 0 Å². The number of alkyl halides is 3. The molecule has 0 saturated carbocycles. The minimum absolute atomic E-state index is 0.0138. The second kappa shape index (κ2) is 9.61. The van der Waals surface area contributed by atoms with Gasteiger partial charge in [0.15, 0.2) is 17.6 Å². The van der Waals surface area contributed by atoms with E-state index in [-0.39, 0.29) is 46.2 Å². The first-order valence-corrected chi connectivity index (χ1v) is 10.9. The number of rotatable bonds is 5. The van der Waals surface area contributed by atoms with Gasteiger partial charge in [-0.1, -0.05) is 17.7 Å². The fourth-order valence-electron chi connectivity index (χ4n) is 3.76. The van der Waals surface area contributed by atoms with Gasteiger partial charge in [-0.25, -0.2) is 0 Å². The van der Waals surface area contributed by atoms with Crippen LogP contribution in [0.5, 0.6) is 5.75 Å². The van der Waals surface area contributed by atoms with Gasteiger partial charge < -0.3 is 18.8 Å². The highest BCUT2D eigenvalue weighted by molar-refractivity contribution is 6.34. The fourth-order valence-corrected chi connectivity index (χ4v) is 3.97. The van der Waals surface area contributed by atoms with Crippen molar-refractivity contribution in [2.75, 3.05) is 19.7 Å². The third-order valence-corrected chi connectivity index (χ3v) is 5.77. The molecule has 1 aromatic heterocycles. The number of fused-ring (bicyclic) bond motifs is 1. The number of hydrogen-bond donors (Lipinski definition) is 0. The number of para-hydroxylation sites is 1. The van der Waals surface area contributed by atoms with Crippen LogP contribution in [0.3, 0.4) is 0 Å². The first kappa shape index (κ1) is 24.6. The van der Waals surface area contributed by atoms with Gasteiger partial charge in [-0.05, 0) is 30.3 Å². The zero-order valence-electron chi connectivity index (χ0n) is 18.4. The monoisotopic (exact) mass is 509 g/mol. The maximum atomic E-state index is 13.4. The summed E-state index contributed by atoms with van der Waals surface area (Å²) in [6.07, 6.45) is -4.92. The van der Waals surface area contributed by atoms with Crippen molar-refractivity contribution in [2.45, 2.75) is 25.6 Å². The van der Waals surface area contributed by atoms with Gasteiger partial charge in [-0.2, -0.15) is 13.2 Å². The Labute approximate surface area is 202 Å². The third-order valence-electron chi connectivity index (χ3n) is 5.47. The molecule has 1 aliphatic rings. The maximum absolute atomic E-state index is 13.4. The SMILES string of the molecule is CC(=O)OCC(=O)N1CC[C@H](Oc2cc(C(F)(F)F)ccc2-c2cc(=O)c3cccc(Cl)c3o2)C1. The molecule has 0 spiro atoms. The van der Waals surface area contributed by atoms with Gasteiger partial charge in [0.1, 0.15) is 17.6 Å². The van der Waals surface area contributed by atoms with Crippen LogP contribution in [0.4, 0.5) is 13.2 Å². The molecule has 35 heavy (non-hydrogen) atoms. The quantitative estimate of drug-likeness (QED) is 0.464. The topological polar surface area (TPSA) is 86.0 Å². The van der Waals surface area contributed by atoms with E-state index in [1.54, 1.807) is 6.07 Å². The molecular formula is C24H19ClF3NO6. The van der Waals surface area contributed by atoms with Gasteiger partial charge in [0.2, 0.25) is 0 Å². The van der Waals surface area contributed by atoms with Gasteiger partial charge in [-0.3, -0.25) is 14.4 Å². The number of nitrogens with zero attached hydrogens (tertiary/aromatic N) is 1. The van der Waals surface area contributed by atoms with Crippen LogP contribution < -0.4 is 10.2 Å². The number of ether oxygens (including phenoxy) is 2. The van der Waals surface area contributed by atoms with E-state index in [2.05, 4.69) is 0 Å². The lowest BCUT2D eigenvalue weighted by atomic mass is 10.1. The van der Waals surface area contributed by atoms with Crippen LogP contribution in [0.1, 0.15) is 18.9 Å². The van der Waals surface area contributed by atoms with Crippen molar-refractivity contribution in [3.8, 4) is 17.1 Å². The predicted molar refractivity (Wildman–Crippen MR) is 120 cm³/mol. The average molecular weight is 510 g/mol. The molecule has 2 aromatic carbocycles. The molecule has 184 valence electrons. The molecule has 7 nitrogen and oxygen atoms in total. The highest BCUT2D eigenvalue weighted by Gasteiger charge is 2.33. The summed E-state index contributed by atoms with van der Waals surface area (Å²) in [5.41, 5.74) is -1.14. The van der Waals surface area contributed by atoms with Crippen LogP contribution in [0.15, 0.2) is 51.7 Å². The molecular weight excluding hydrogens is 491 g/mol. The Balaban J connectivity index is 1.67. The largest absolute Gasteiger partial charge is 0.488 e. The Morgan fingerprint density at radius 2 is 1.97 bits per heavy atom. The summed E-state index contributed by atoms with van der Waals surface area (Å²) in [7, 11) is 0. The van der Waals surface area contributed by atoms with E-state index in [0.29, 0.717) is 6.42 Å². The average Bonchev–Trinajstić information content (AvgIpc) is 3.26. The number of benzene rings is 2. The first-order valence-electron chi connectivity index (χ1n) is 10.5. The molecule has 0 aliphatic carbocycles. The summed E-state index contributed by atoms with van der Waals surface area (Å²) in [5.74, 6) is -1.21. The highest BCUT2D eigenvalue weighted by atomic mass is 35.5. The van der Waals surface area contributed by atoms with E-state index >= 15 is 0 Å². The minimum Gasteiger partial charge on any atom is -0.488 e. The Morgan fingerprint density at radius 3 is 2.69 bits per heavy atom. The number of likely N-dealkylation sites (tertiary alicyclic amines) is 1. The summed E-state index contributed by atoms with van der Waals surface area (Å²) in [6.45, 7) is 1.11. The molecule has 1 aliphatic heterocycles. The molecule has 1 fully saturated rings. The van der Waals surface area contributed by atoms with Crippen molar-refractivity contribution >= 4 is 34.4 Å². The maximum Gasteiger partial charge on any atom is 0.416 e. The first-order chi connectivity index (χ1) is 16.5. The van der Waals surface area contributed by atoms with E-state index in [0.717, 1.165) is 24.3 Å². The van der Waals surface area contributed by atoms with Crippen LogP contribution in [0.25, 0.3) is 22.3 Å². The van der Waals surface area contributed by atoms with E-state index < -0.39 is 41.8 Å². The van der Waals surface area contributed by atoms with Gasteiger partial charge >= 0.3 is 12.1 Å². The second-order valence-corrected chi connectivity index (χ2v) is 8.36. The molecule has 2 heterocycles. The van der Waals surface area contributed by atoms with Gasteiger partial charge in [0, 0.05) is 26.0 Å². The van der Waals surface area contributed by atoms with Crippen LogP contribution in [-0.4, -0.2) is 42.6 Å². The normalized spacial score (nSPS) is 15.9. The third kappa shape index (κ3) is 5.43.